The number of carbonyl (C=O) groups excluding carboxylic acids is 1. The van der Waals surface area contributed by atoms with E-state index >= 15 is 0 Å². The quantitative estimate of drug-likeness (QED) is 0.762. The number of hydrogen-bond acceptors (Lipinski definition) is 4. The van der Waals surface area contributed by atoms with Gasteiger partial charge in [-0.25, -0.2) is 0 Å². The van der Waals surface area contributed by atoms with Crippen molar-refractivity contribution in [1.82, 2.24) is 10.2 Å². The van der Waals surface area contributed by atoms with Crippen LogP contribution in [0.1, 0.15) is 37.9 Å². The fourth-order valence-electron chi connectivity index (χ4n) is 3.95. The number of nitrogens with one attached hydrogen (secondary N) is 2. The van der Waals surface area contributed by atoms with Gasteiger partial charge in [0.05, 0.1) is 12.4 Å². The van der Waals surface area contributed by atoms with Gasteiger partial charge in [0, 0.05) is 18.4 Å². The topological polar surface area (TPSA) is 56.7 Å². The molecule has 3 unspecified atom stereocenters. The zero-order valence-corrected chi connectivity index (χ0v) is 18.5. The lowest BCUT2D eigenvalue weighted by Crippen LogP contribution is -2.46. The summed E-state index contributed by atoms with van der Waals surface area (Å²) in [6.07, 6.45) is 7.85. The first kappa shape index (κ1) is 20.9. The Bertz CT molecular complexity index is 1020. The van der Waals surface area contributed by atoms with E-state index in [4.69, 9.17) is 0 Å². The summed E-state index contributed by atoms with van der Waals surface area (Å²) in [7, 11) is 1.98. The van der Waals surface area contributed by atoms with Gasteiger partial charge in [0.15, 0.2) is 0 Å². The lowest BCUT2D eigenvalue weighted by atomic mass is 9.86. The lowest BCUT2D eigenvalue weighted by Gasteiger charge is -2.28. The van der Waals surface area contributed by atoms with Crippen LogP contribution in [-0.2, 0) is 10.2 Å². The summed E-state index contributed by atoms with van der Waals surface area (Å²) in [6.45, 7) is 6.57. The number of hydrogen-bond donors (Lipinski definition) is 2. The number of fused-ring (bicyclic) bond motifs is 1. The Kier molecular flexibility index (Phi) is 5.68. The van der Waals surface area contributed by atoms with Crippen LogP contribution < -0.4 is 10.6 Å². The molecule has 1 aliphatic carbocycles. The number of allylic oxidation sites excluding steroid dienone is 2. The van der Waals surface area contributed by atoms with E-state index in [0.717, 1.165) is 16.9 Å². The first-order chi connectivity index (χ1) is 14.8. The predicted octanol–water partition coefficient (Wildman–Crippen LogP) is 4.42. The highest BCUT2D eigenvalue weighted by atomic mass is 16.2. The first-order valence-electron chi connectivity index (χ1n) is 10.7. The first-order valence-corrected chi connectivity index (χ1v) is 10.7. The molecule has 2 aliphatic rings. The van der Waals surface area contributed by atoms with Gasteiger partial charge in [-0.1, -0.05) is 75.4 Å². The Morgan fingerprint density at radius 3 is 2.45 bits per heavy atom. The Balaban J connectivity index is 1.58. The van der Waals surface area contributed by atoms with Crippen molar-refractivity contribution in [3.63, 3.8) is 0 Å². The van der Waals surface area contributed by atoms with Gasteiger partial charge in [-0.15, -0.1) is 0 Å². The summed E-state index contributed by atoms with van der Waals surface area (Å²) >= 11 is 0. The van der Waals surface area contributed by atoms with Gasteiger partial charge in [0.25, 0.3) is 0 Å². The van der Waals surface area contributed by atoms with Crippen molar-refractivity contribution in [2.45, 2.75) is 44.3 Å². The van der Waals surface area contributed by atoms with Crippen LogP contribution >= 0.6 is 0 Å². The lowest BCUT2D eigenvalue weighted by molar-refractivity contribution is -0.122. The molecule has 2 N–H and O–H groups in total. The number of benzene rings is 2. The van der Waals surface area contributed by atoms with Crippen molar-refractivity contribution < 1.29 is 4.79 Å². The SMILES string of the molecule is CN1C=NC2C1=CC=CC2NC(=O)C(Nc1ccccc1)c1ccc(C(C)(C)C)cc1. The van der Waals surface area contributed by atoms with Crippen molar-refractivity contribution in [1.29, 1.82) is 0 Å². The summed E-state index contributed by atoms with van der Waals surface area (Å²) < 4.78 is 0. The maximum atomic E-state index is 13.5. The third-order valence-corrected chi connectivity index (χ3v) is 5.80. The monoisotopic (exact) mass is 414 g/mol. The molecule has 0 bridgehead atoms. The molecule has 0 fully saturated rings. The largest absolute Gasteiger partial charge is 0.370 e. The van der Waals surface area contributed by atoms with Crippen molar-refractivity contribution in [2.24, 2.45) is 4.99 Å². The minimum Gasteiger partial charge on any atom is -0.370 e. The highest BCUT2D eigenvalue weighted by Crippen LogP contribution is 2.27. The Morgan fingerprint density at radius 1 is 1.06 bits per heavy atom. The fourth-order valence-corrected chi connectivity index (χ4v) is 3.95. The molecule has 31 heavy (non-hydrogen) atoms. The molecule has 0 spiro atoms. The second-order valence-corrected chi connectivity index (χ2v) is 9.15. The van der Waals surface area contributed by atoms with Crippen LogP contribution in [-0.4, -0.2) is 36.3 Å². The van der Waals surface area contributed by atoms with Crippen LogP contribution in [0.5, 0.6) is 0 Å². The molecule has 0 saturated heterocycles. The highest BCUT2D eigenvalue weighted by Gasteiger charge is 2.33. The average molecular weight is 415 g/mol. The van der Waals surface area contributed by atoms with Gasteiger partial charge in [-0.05, 0) is 34.8 Å². The van der Waals surface area contributed by atoms with E-state index in [1.807, 2.05) is 79.0 Å². The molecule has 2 aromatic carbocycles. The molecule has 0 aromatic heterocycles. The summed E-state index contributed by atoms with van der Waals surface area (Å²) in [5, 5.41) is 6.62. The van der Waals surface area contributed by atoms with Crippen LogP contribution in [0.2, 0.25) is 0 Å². The Labute approximate surface area is 184 Å². The molecular weight excluding hydrogens is 384 g/mol. The van der Waals surface area contributed by atoms with Gasteiger partial charge in [0.1, 0.15) is 12.1 Å². The molecule has 5 nitrogen and oxygen atoms in total. The van der Waals surface area contributed by atoms with Gasteiger partial charge in [0.2, 0.25) is 5.91 Å². The molecule has 1 aliphatic heterocycles. The van der Waals surface area contributed by atoms with Crippen molar-refractivity contribution in [3.8, 4) is 0 Å². The molecule has 4 rings (SSSR count). The molecule has 1 amide bonds. The highest BCUT2D eigenvalue weighted by molar-refractivity contribution is 5.87. The van der Waals surface area contributed by atoms with Crippen LogP contribution in [0.15, 0.2) is 83.5 Å². The smallest absolute Gasteiger partial charge is 0.247 e. The van der Waals surface area contributed by atoms with E-state index in [0.29, 0.717) is 0 Å². The van der Waals surface area contributed by atoms with Gasteiger partial charge < -0.3 is 15.5 Å². The minimum absolute atomic E-state index is 0.0608. The number of carbonyl (C=O) groups is 1. The number of nitrogens with zero attached hydrogens (tertiary/aromatic N) is 2. The van der Waals surface area contributed by atoms with Crippen molar-refractivity contribution in [2.75, 3.05) is 12.4 Å². The molecule has 0 radical (unpaired) electrons. The number of anilines is 1. The summed E-state index contributed by atoms with van der Waals surface area (Å²) in [6, 6.07) is 17.4. The van der Waals surface area contributed by atoms with Crippen LogP contribution in [0.25, 0.3) is 0 Å². The maximum Gasteiger partial charge on any atom is 0.247 e. The van der Waals surface area contributed by atoms with Gasteiger partial charge in [-0.3, -0.25) is 9.79 Å². The van der Waals surface area contributed by atoms with E-state index in [1.54, 1.807) is 0 Å². The Hall–Kier alpha value is -3.34. The van der Waals surface area contributed by atoms with Gasteiger partial charge in [-0.2, -0.15) is 0 Å². The van der Waals surface area contributed by atoms with Crippen LogP contribution in [0, 0.1) is 0 Å². The Morgan fingerprint density at radius 2 is 1.77 bits per heavy atom. The third-order valence-electron chi connectivity index (χ3n) is 5.80. The predicted molar refractivity (Wildman–Crippen MR) is 127 cm³/mol. The van der Waals surface area contributed by atoms with E-state index in [-0.39, 0.29) is 23.4 Å². The van der Waals surface area contributed by atoms with Crippen LogP contribution in [0.3, 0.4) is 0 Å². The number of amides is 1. The molecule has 1 heterocycles. The average Bonchev–Trinajstić information content (AvgIpc) is 3.14. The minimum atomic E-state index is -0.512. The number of likely N-dealkylation sites (N-methyl/N-ethyl adjacent to an activating group) is 1. The van der Waals surface area contributed by atoms with Crippen molar-refractivity contribution >= 4 is 17.9 Å². The summed E-state index contributed by atoms with van der Waals surface area (Å²) in [5.41, 5.74) is 4.22. The van der Waals surface area contributed by atoms with Crippen molar-refractivity contribution in [3.05, 3.63) is 89.6 Å². The van der Waals surface area contributed by atoms with Gasteiger partial charge >= 0.3 is 0 Å². The zero-order chi connectivity index (χ0) is 22.0. The third kappa shape index (κ3) is 4.55. The van der Waals surface area contributed by atoms with E-state index < -0.39 is 6.04 Å². The maximum absolute atomic E-state index is 13.5. The molecule has 2 aromatic rings. The molecule has 3 atom stereocenters. The second kappa shape index (κ2) is 8.42. The van der Waals surface area contributed by atoms with E-state index in [2.05, 4.69) is 48.5 Å². The number of aliphatic imine (C=N–C) groups is 1. The molecule has 5 heteroatoms. The molecular formula is C26H30N4O. The normalized spacial score (nSPS) is 20.8. The number of para-hydroxylation sites is 1. The molecule has 160 valence electrons. The summed E-state index contributed by atoms with van der Waals surface area (Å²) in [5.74, 6) is -0.0759. The standard InChI is InChI=1S/C26H30N4O/c1-26(2,3)19-15-13-18(14-16-19)23(28-20-9-6-5-7-10-20)25(31)29-21-11-8-12-22-24(21)27-17-30(22)4/h5-17,21,23-24,28H,1-4H3,(H,29,31). The second-order valence-electron chi connectivity index (χ2n) is 9.15. The molecule has 0 saturated carbocycles. The number of rotatable bonds is 5. The summed E-state index contributed by atoms with van der Waals surface area (Å²) in [4.78, 5) is 20.0. The van der Waals surface area contributed by atoms with E-state index in [9.17, 15) is 4.79 Å². The van der Waals surface area contributed by atoms with E-state index in [1.165, 1.54) is 5.56 Å². The zero-order valence-electron chi connectivity index (χ0n) is 18.5. The van der Waals surface area contributed by atoms with Crippen LogP contribution in [0.4, 0.5) is 5.69 Å². The fraction of sp³-hybridized carbons (Fsp3) is 0.308.